The quantitative estimate of drug-likeness (QED) is 0.577. The van der Waals surface area contributed by atoms with Crippen LogP contribution in [0, 0.1) is 17.5 Å². The fourth-order valence-electron chi connectivity index (χ4n) is 1.16. The first-order chi connectivity index (χ1) is 7.15. The number of nitrogens with one attached hydrogen (secondary N) is 2. The molecule has 0 aliphatic heterocycles. The third kappa shape index (κ3) is 3.53. The summed E-state index contributed by atoms with van der Waals surface area (Å²) in [5.41, 5.74) is 0.391. The first kappa shape index (κ1) is 12.0. The molecule has 15 heavy (non-hydrogen) atoms. The van der Waals surface area contributed by atoms with Crippen LogP contribution in [-0.4, -0.2) is 20.1 Å². The van der Waals surface area contributed by atoms with E-state index in [1.54, 1.807) is 7.05 Å². The first-order valence-corrected chi connectivity index (χ1v) is 4.64. The smallest absolute Gasteiger partial charge is 0.194 e. The Kier molecular flexibility index (Phi) is 4.58. The van der Waals surface area contributed by atoms with E-state index in [9.17, 15) is 13.2 Å². The highest BCUT2D eigenvalue weighted by Crippen LogP contribution is 2.13. The molecule has 5 heteroatoms. The van der Waals surface area contributed by atoms with Crippen molar-refractivity contribution in [1.82, 2.24) is 10.6 Å². The van der Waals surface area contributed by atoms with Gasteiger partial charge in [0.15, 0.2) is 17.5 Å². The van der Waals surface area contributed by atoms with E-state index in [0.29, 0.717) is 18.7 Å². The number of benzene rings is 1. The maximum atomic E-state index is 12.8. The Labute approximate surface area is 86.5 Å². The van der Waals surface area contributed by atoms with Gasteiger partial charge in [-0.2, -0.15) is 0 Å². The van der Waals surface area contributed by atoms with Gasteiger partial charge >= 0.3 is 0 Å². The monoisotopic (exact) mass is 218 g/mol. The third-order valence-electron chi connectivity index (χ3n) is 1.92. The average molecular weight is 218 g/mol. The van der Waals surface area contributed by atoms with Crippen molar-refractivity contribution in [2.45, 2.75) is 6.54 Å². The molecule has 1 aromatic carbocycles. The van der Waals surface area contributed by atoms with Crippen molar-refractivity contribution >= 4 is 0 Å². The minimum atomic E-state index is -1.42. The van der Waals surface area contributed by atoms with Crippen LogP contribution in [0.5, 0.6) is 0 Å². The van der Waals surface area contributed by atoms with Crippen LogP contribution in [0.1, 0.15) is 5.56 Å². The minimum Gasteiger partial charge on any atom is -0.318 e. The Balaban J connectivity index is 2.55. The van der Waals surface area contributed by atoms with Gasteiger partial charge in [0.1, 0.15) is 0 Å². The summed E-state index contributed by atoms with van der Waals surface area (Å²) < 4.78 is 38.1. The Bertz CT molecular complexity index is 305. The summed E-state index contributed by atoms with van der Waals surface area (Å²) in [6, 6.07) is 1.98. The van der Waals surface area contributed by atoms with E-state index in [1.165, 1.54) is 0 Å². The maximum Gasteiger partial charge on any atom is 0.194 e. The predicted molar refractivity (Wildman–Crippen MR) is 51.9 cm³/mol. The van der Waals surface area contributed by atoms with E-state index in [1.807, 2.05) is 0 Å². The average Bonchev–Trinajstić information content (AvgIpc) is 2.21. The summed E-state index contributed by atoms with van der Waals surface area (Å²) in [6.07, 6.45) is 0. The standard InChI is InChI=1S/C10H13F3N2/c1-14-2-3-15-6-7-4-8(11)10(13)9(12)5-7/h4-5,14-15H,2-3,6H2,1H3. The molecule has 0 radical (unpaired) electrons. The van der Waals surface area contributed by atoms with Crippen LogP contribution >= 0.6 is 0 Å². The summed E-state index contributed by atoms with van der Waals surface area (Å²) in [5.74, 6) is -3.73. The number of rotatable bonds is 5. The van der Waals surface area contributed by atoms with Crippen molar-refractivity contribution in [3.8, 4) is 0 Å². The summed E-state index contributed by atoms with van der Waals surface area (Å²) in [4.78, 5) is 0. The molecule has 0 amide bonds. The lowest BCUT2D eigenvalue weighted by atomic mass is 10.2. The molecule has 0 saturated carbocycles. The van der Waals surface area contributed by atoms with E-state index in [2.05, 4.69) is 10.6 Å². The second-order valence-corrected chi connectivity index (χ2v) is 3.15. The summed E-state index contributed by atoms with van der Waals surface area (Å²) in [7, 11) is 1.80. The van der Waals surface area contributed by atoms with Crippen LogP contribution in [-0.2, 0) is 6.54 Å². The molecule has 0 fully saturated rings. The largest absolute Gasteiger partial charge is 0.318 e. The van der Waals surface area contributed by atoms with E-state index < -0.39 is 17.5 Å². The number of hydrogen-bond acceptors (Lipinski definition) is 2. The molecule has 0 heterocycles. The van der Waals surface area contributed by atoms with Gasteiger partial charge in [-0.3, -0.25) is 0 Å². The van der Waals surface area contributed by atoms with Gasteiger partial charge in [0.2, 0.25) is 0 Å². The van der Waals surface area contributed by atoms with Crippen molar-refractivity contribution in [2.24, 2.45) is 0 Å². The number of hydrogen-bond donors (Lipinski definition) is 2. The molecule has 0 aliphatic rings. The molecule has 2 N–H and O–H groups in total. The van der Waals surface area contributed by atoms with Crippen LogP contribution in [0.15, 0.2) is 12.1 Å². The highest BCUT2D eigenvalue weighted by atomic mass is 19.2. The molecule has 1 rings (SSSR count). The van der Waals surface area contributed by atoms with Gasteiger partial charge < -0.3 is 10.6 Å². The van der Waals surface area contributed by atoms with Gasteiger partial charge in [0.25, 0.3) is 0 Å². The summed E-state index contributed by atoms with van der Waals surface area (Å²) in [5, 5.41) is 5.87. The molecule has 2 nitrogen and oxygen atoms in total. The molecule has 0 bridgehead atoms. The van der Waals surface area contributed by atoms with Crippen LogP contribution in [0.2, 0.25) is 0 Å². The zero-order chi connectivity index (χ0) is 11.3. The maximum absolute atomic E-state index is 12.8. The molecule has 0 spiro atoms. The lowest BCUT2D eigenvalue weighted by molar-refractivity contribution is 0.444. The molecular formula is C10H13F3N2. The highest BCUT2D eigenvalue weighted by molar-refractivity contribution is 5.19. The van der Waals surface area contributed by atoms with E-state index in [-0.39, 0.29) is 0 Å². The molecule has 0 saturated heterocycles. The number of halogens is 3. The molecule has 0 aliphatic carbocycles. The lowest BCUT2D eigenvalue weighted by Gasteiger charge is -2.05. The SMILES string of the molecule is CNCCNCc1cc(F)c(F)c(F)c1. The predicted octanol–water partition coefficient (Wildman–Crippen LogP) is 1.41. The molecular weight excluding hydrogens is 205 g/mol. The molecule has 0 unspecified atom stereocenters. The van der Waals surface area contributed by atoms with Gasteiger partial charge in [-0.25, -0.2) is 13.2 Å². The Morgan fingerprint density at radius 3 is 2.20 bits per heavy atom. The van der Waals surface area contributed by atoms with Gasteiger partial charge in [0, 0.05) is 19.6 Å². The molecule has 84 valence electrons. The molecule has 0 aromatic heterocycles. The third-order valence-corrected chi connectivity index (χ3v) is 1.92. The Morgan fingerprint density at radius 2 is 1.67 bits per heavy atom. The van der Waals surface area contributed by atoms with Gasteiger partial charge in [-0.1, -0.05) is 0 Å². The van der Waals surface area contributed by atoms with Crippen molar-refractivity contribution in [3.05, 3.63) is 35.1 Å². The number of likely N-dealkylation sites (N-methyl/N-ethyl adjacent to an activating group) is 1. The highest BCUT2D eigenvalue weighted by Gasteiger charge is 2.09. The second kappa shape index (κ2) is 5.72. The van der Waals surface area contributed by atoms with Crippen LogP contribution < -0.4 is 10.6 Å². The van der Waals surface area contributed by atoms with E-state index in [0.717, 1.165) is 18.7 Å². The summed E-state index contributed by atoms with van der Waals surface area (Å²) in [6.45, 7) is 1.75. The fourth-order valence-corrected chi connectivity index (χ4v) is 1.16. The minimum absolute atomic E-state index is 0.315. The lowest BCUT2D eigenvalue weighted by Crippen LogP contribution is -2.24. The Morgan fingerprint density at radius 1 is 1.07 bits per heavy atom. The zero-order valence-corrected chi connectivity index (χ0v) is 8.41. The van der Waals surface area contributed by atoms with Gasteiger partial charge in [-0.05, 0) is 24.7 Å². The fraction of sp³-hybridized carbons (Fsp3) is 0.400. The zero-order valence-electron chi connectivity index (χ0n) is 8.41. The van der Waals surface area contributed by atoms with Crippen LogP contribution in [0.3, 0.4) is 0 Å². The van der Waals surface area contributed by atoms with Crippen LogP contribution in [0.25, 0.3) is 0 Å². The van der Waals surface area contributed by atoms with Crippen molar-refractivity contribution < 1.29 is 13.2 Å². The van der Waals surface area contributed by atoms with E-state index >= 15 is 0 Å². The van der Waals surface area contributed by atoms with Gasteiger partial charge in [-0.15, -0.1) is 0 Å². The summed E-state index contributed by atoms with van der Waals surface area (Å²) >= 11 is 0. The molecule has 1 aromatic rings. The normalized spacial score (nSPS) is 10.7. The van der Waals surface area contributed by atoms with E-state index in [4.69, 9.17) is 0 Å². The topological polar surface area (TPSA) is 24.1 Å². The first-order valence-electron chi connectivity index (χ1n) is 4.64. The van der Waals surface area contributed by atoms with Crippen molar-refractivity contribution in [3.63, 3.8) is 0 Å². The second-order valence-electron chi connectivity index (χ2n) is 3.15. The Hall–Kier alpha value is -1.07. The van der Waals surface area contributed by atoms with Crippen LogP contribution in [0.4, 0.5) is 13.2 Å². The van der Waals surface area contributed by atoms with Crippen molar-refractivity contribution in [2.75, 3.05) is 20.1 Å². The van der Waals surface area contributed by atoms with Crippen molar-refractivity contribution in [1.29, 1.82) is 0 Å². The molecule has 0 atom stereocenters. The van der Waals surface area contributed by atoms with Gasteiger partial charge in [0.05, 0.1) is 0 Å².